The van der Waals surface area contributed by atoms with Gasteiger partial charge in [0.25, 0.3) is 0 Å². The summed E-state index contributed by atoms with van der Waals surface area (Å²) in [5.74, 6) is 0.0721. The fraction of sp³-hybridized carbons (Fsp3) is 0.438. The Morgan fingerprint density at radius 1 is 1.26 bits per heavy atom. The highest BCUT2D eigenvalue weighted by atomic mass is 16.2. The van der Waals surface area contributed by atoms with Crippen molar-refractivity contribution < 1.29 is 9.59 Å². The molecule has 23 heavy (non-hydrogen) atoms. The molecule has 0 saturated heterocycles. The fourth-order valence-electron chi connectivity index (χ4n) is 2.94. The number of carbonyl (C=O) groups excluding carboxylic acids is 2. The van der Waals surface area contributed by atoms with Crippen molar-refractivity contribution in [2.75, 3.05) is 4.90 Å². The zero-order chi connectivity index (χ0) is 16.1. The number of para-hydroxylation sites is 1. The van der Waals surface area contributed by atoms with Crippen molar-refractivity contribution in [3.63, 3.8) is 0 Å². The Bertz CT molecular complexity index is 656. The van der Waals surface area contributed by atoms with E-state index in [4.69, 9.17) is 0 Å². The standard InChI is InChI=1S/C16H19N5O2/c22-15-9-5-4-8-14(15)21(13-6-2-1-3-7-13)16(23)10-11-20-12-17-18-19-20/h1-3,6-7,12,14H,4-5,8-11H2/t14-/m1/s1. The summed E-state index contributed by atoms with van der Waals surface area (Å²) in [7, 11) is 0. The predicted octanol–water partition coefficient (Wildman–Crippen LogP) is 1.61. The van der Waals surface area contributed by atoms with Gasteiger partial charge in [0.2, 0.25) is 5.91 Å². The average molecular weight is 313 g/mol. The number of rotatable bonds is 5. The number of benzene rings is 1. The van der Waals surface area contributed by atoms with Gasteiger partial charge in [0, 0.05) is 18.5 Å². The van der Waals surface area contributed by atoms with Gasteiger partial charge in [0.1, 0.15) is 6.33 Å². The molecule has 7 heteroatoms. The maximum atomic E-state index is 12.8. The molecule has 1 aromatic heterocycles. The third kappa shape index (κ3) is 3.61. The highest BCUT2D eigenvalue weighted by Gasteiger charge is 2.32. The summed E-state index contributed by atoms with van der Waals surface area (Å²) in [4.78, 5) is 26.7. The number of hydrogen-bond donors (Lipinski definition) is 0. The van der Waals surface area contributed by atoms with E-state index in [1.165, 1.54) is 11.0 Å². The lowest BCUT2D eigenvalue weighted by Crippen LogP contribution is -2.47. The number of amides is 1. The zero-order valence-corrected chi connectivity index (χ0v) is 12.8. The van der Waals surface area contributed by atoms with Crippen LogP contribution in [0, 0.1) is 0 Å². The van der Waals surface area contributed by atoms with Gasteiger partial charge in [-0.1, -0.05) is 24.6 Å². The van der Waals surface area contributed by atoms with Crippen LogP contribution in [0.2, 0.25) is 0 Å². The molecular formula is C16H19N5O2. The van der Waals surface area contributed by atoms with Crippen molar-refractivity contribution in [3.05, 3.63) is 36.7 Å². The van der Waals surface area contributed by atoms with E-state index >= 15 is 0 Å². The summed E-state index contributed by atoms with van der Waals surface area (Å²) in [5.41, 5.74) is 0.773. The summed E-state index contributed by atoms with van der Waals surface area (Å²) in [6.45, 7) is 0.399. The molecule has 1 heterocycles. The largest absolute Gasteiger partial charge is 0.302 e. The van der Waals surface area contributed by atoms with E-state index in [0.717, 1.165) is 24.9 Å². The van der Waals surface area contributed by atoms with Gasteiger partial charge in [-0.15, -0.1) is 5.10 Å². The van der Waals surface area contributed by atoms with Crippen molar-refractivity contribution in [1.29, 1.82) is 0 Å². The van der Waals surface area contributed by atoms with E-state index < -0.39 is 0 Å². The van der Waals surface area contributed by atoms with Gasteiger partial charge in [-0.05, 0) is 35.4 Å². The summed E-state index contributed by atoms with van der Waals surface area (Å²) in [5, 5.41) is 10.9. The number of aryl methyl sites for hydroxylation is 1. The molecule has 120 valence electrons. The highest BCUT2D eigenvalue weighted by molar-refractivity contribution is 6.01. The number of hydrogen-bond acceptors (Lipinski definition) is 5. The Labute approximate surface area is 134 Å². The normalized spacial score (nSPS) is 17.9. The molecule has 1 aliphatic rings. The second kappa shape index (κ2) is 7.13. The summed E-state index contributed by atoms with van der Waals surface area (Å²) >= 11 is 0. The molecule has 0 radical (unpaired) electrons. The van der Waals surface area contributed by atoms with Crippen molar-refractivity contribution in [1.82, 2.24) is 20.2 Å². The Balaban J connectivity index is 1.79. The number of nitrogens with zero attached hydrogens (tertiary/aromatic N) is 5. The fourth-order valence-corrected chi connectivity index (χ4v) is 2.94. The predicted molar refractivity (Wildman–Crippen MR) is 83.6 cm³/mol. The van der Waals surface area contributed by atoms with Crippen molar-refractivity contribution in [2.24, 2.45) is 0 Å². The maximum absolute atomic E-state index is 12.8. The van der Waals surface area contributed by atoms with E-state index in [0.29, 0.717) is 13.0 Å². The average Bonchev–Trinajstić information content (AvgIpc) is 3.09. The highest BCUT2D eigenvalue weighted by Crippen LogP contribution is 2.26. The van der Waals surface area contributed by atoms with Gasteiger partial charge in [0.15, 0.2) is 5.78 Å². The molecule has 0 unspecified atom stereocenters. The second-order valence-electron chi connectivity index (χ2n) is 5.65. The molecule has 1 aromatic carbocycles. The van der Waals surface area contributed by atoms with Gasteiger partial charge in [-0.3, -0.25) is 9.59 Å². The van der Waals surface area contributed by atoms with E-state index in [-0.39, 0.29) is 24.2 Å². The molecule has 1 amide bonds. The quantitative estimate of drug-likeness (QED) is 0.837. The molecule has 1 atom stereocenters. The molecule has 1 saturated carbocycles. The maximum Gasteiger partial charge on any atom is 0.229 e. The van der Waals surface area contributed by atoms with Crippen LogP contribution in [0.15, 0.2) is 36.7 Å². The lowest BCUT2D eigenvalue weighted by atomic mass is 9.92. The minimum atomic E-state index is -0.354. The summed E-state index contributed by atoms with van der Waals surface area (Å²) in [6.07, 6.45) is 4.89. The molecule has 2 aromatic rings. The summed E-state index contributed by atoms with van der Waals surface area (Å²) in [6, 6.07) is 9.05. The van der Waals surface area contributed by atoms with Crippen LogP contribution in [0.5, 0.6) is 0 Å². The minimum Gasteiger partial charge on any atom is -0.302 e. The van der Waals surface area contributed by atoms with Crippen LogP contribution < -0.4 is 4.90 Å². The smallest absolute Gasteiger partial charge is 0.229 e. The molecule has 3 rings (SSSR count). The van der Waals surface area contributed by atoms with Crippen LogP contribution in [0.4, 0.5) is 5.69 Å². The van der Waals surface area contributed by atoms with Gasteiger partial charge in [0.05, 0.1) is 12.6 Å². The Morgan fingerprint density at radius 3 is 2.78 bits per heavy atom. The molecule has 1 aliphatic carbocycles. The number of ketones is 1. The first-order valence-corrected chi connectivity index (χ1v) is 7.86. The van der Waals surface area contributed by atoms with E-state index in [2.05, 4.69) is 15.5 Å². The third-order valence-corrected chi connectivity index (χ3v) is 4.08. The third-order valence-electron chi connectivity index (χ3n) is 4.08. The van der Waals surface area contributed by atoms with Crippen LogP contribution in [0.25, 0.3) is 0 Å². The Morgan fingerprint density at radius 2 is 2.09 bits per heavy atom. The second-order valence-corrected chi connectivity index (χ2v) is 5.65. The van der Waals surface area contributed by atoms with Gasteiger partial charge < -0.3 is 4.90 Å². The number of Topliss-reactive ketones (excluding diaryl/α,β-unsaturated/α-hetero) is 1. The monoisotopic (exact) mass is 313 g/mol. The topological polar surface area (TPSA) is 81.0 Å². The van der Waals surface area contributed by atoms with Crippen LogP contribution in [0.1, 0.15) is 32.1 Å². The molecule has 7 nitrogen and oxygen atoms in total. The number of carbonyl (C=O) groups is 2. The van der Waals surface area contributed by atoms with Crippen LogP contribution in [-0.4, -0.2) is 37.9 Å². The molecule has 0 spiro atoms. The number of aromatic nitrogens is 4. The molecule has 0 bridgehead atoms. The first-order chi connectivity index (χ1) is 11.3. The van der Waals surface area contributed by atoms with E-state index in [9.17, 15) is 9.59 Å². The van der Waals surface area contributed by atoms with Crippen LogP contribution in [-0.2, 0) is 16.1 Å². The lowest BCUT2D eigenvalue weighted by Gasteiger charge is -2.33. The lowest BCUT2D eigenvalue weighted by molar-refractivity contribution is -0.126. The molecule has 0 N–H and O–H groups in total. The van der Waals surface area contributed by atoms with Crippen molar-refractivity contribution in [3.8, 4) is 0 Å². The van der Waals surface area contributed by atoms with Crippen molar-refractivity contribution in [2.45, 2.75) is 44.7 Å². The Hall–Kier alpha value is -2.57. The Kier molecular flexibility index (Phi) is 4.75. The molecule has 1 fully saturated rings. The van der Waals surface area contributed by atoms with E-state index in [1.807, 2.05) is 30.3 Å². The van der Waals surface area contributed by atoms with Gasteiger partial charge >= 0.3 is 0 Å². The molecule has 0 aliphatic heterocycles. The van der Waals surface area contributed by atoms with Crippen molar-refractivity contribution >= 4 is 17.4 Å². The minimum absolute atomic E-state index is 0.0769. The van der Waals surface area contributed by atoms with Crippen LogP contribution >= 0.6 is 0 Å². The SMILES string of the molecule is O=C1CCCC[C@H]1N(C(=O)CCn1cnnn1)c1ccccc1. The zero-order valence-electron chi connectivity index (χ0n) is 12.8. The molecular weight excluding hydrogens is 294 g/mol. The van der Waals surface area contributed by atoms with E-state index in [1.54, 1.807) is 4.90 Å². The van der Waals surface area contributed by atoms with Gasteiger partial charge in [-0.25, -0.2) is 4.68 Å². The first kappa shape index (κ1) is 15.3. The number of tetrazole rings is 1. The summed E-state index contributed by atoms with van der Waals surface area (Å²) < 4.78 is 1.52. The first-order valence-electron chi connectivity index (χ1n) is 7.86. The number of anilines is 1. The van der Waals surface area contributed by atoms with Crippen LogP contribution in [0.3, 0.4) is 0 Å². The van der Waals surface area contributed by atoms with Gasteiger partial charge in [-0.2, -0.15) is 0 Å².